The van der Waals surface area contributed by atoms with Crippen LogP contribution in [0.2, 0.25) is 0 Å². The van der Waals surface area contributed by atoms with E-state index in [2.05, 4.69) is 72.1 Å². The Labute approximate surface area is 642 Å². The van der Waals surface area contributed by atoms with E-state index in [0.29, 0.717) is 86.4 Å². The van der Waals surface area contributed by atoms with Gasteiger partial charge in [0, 0.05) is 107 Å². The highest BCUT2D eigenvalue weighted by Crippen LogP contribution is 2.65. The van der Waals surface area contributed by atoms with Crippen LogP contribution in [0.3, 0.4) is 0 Å². The second kappa shape index (κ2) is 29.3. The number of hydrogen-bond acceptors (Lipinski definition) is 16. The molecular weight excluding hydrogens is 1370 g/mol. The van der Waals surface area contributed by atoms with Gasteiger partial charge in [-0.2, -0.15) is 0 Å². The number of fused-ring (bicyclic) bond motifs is 4. The lowest BCUT2D eigenvalue weighted by atomic mass is 9.48. The fraction of sp³-hybridized carbons (Fsp3) is 0.607. The Kier molecular flexibility index (Phi) is 20.7. The molecule has 4 aromatic carbocycles. The first-order valence-electron chi connectivity index (χ1n) is 41.1. The molecule has 4 saturated heterocycles. The van der Waals surface area contributed by atoms with Gasteiger partial charge in [-0.1, -0.05) is 85.4 Å². The lowest BCUT2D eigenvalue weighted by Gasteiger charge is -2.64. The van der Waals surface area contributed by atoms with Crippen molar-refractivity contribution in [3.05, 3.63) is 151 Å². The first kappa shape index (κ1) is 76.9. The standard InChI is InChI=1S/C23H30N2O3.C22H28N2O4.C22H30N2O3.C22H30N2O2/c1-14(2)7-10-25-11-9-22-13-15(3)6-8-23(22,28)18(25)12-16-4-5-17(21(24)27)20(26)19(16)22;1-13(2)6-9-24-10-8-21-12-15(25)5-7-22(21,28)17(24)11-14-3-4-16(20(23)27)19(26)18(14)21;23-21(27)16-6-4-14-10-18-17-7-5-15(25)11-22(17,19(14)20(16)26)8-9-24(18)12-13-2-1-3-13;23-21(26)16-8-7-15-12-18-17-6-1-2-9-22(17,19(15)20(16)25)10-11-24(18)13-14-4-3-5-14/h4-5,7,18,26,28H,3,6,8-13H2,1-2H3,(H2,24,27);3-4,6,17,26,28H,5,7-12H2,1-2H3,(H2,23,27);4,6,13,15,17-18,25-26H,1-3,5,7-12H2,(H2,23,27);7-8,14,17-18,25H,1-6,9-13H2,(H2,23,26)/t18-,22-,23-;17-,21-,22-;15-,17+,18-,22+;17-,18+,22+/m1110/s1. The van der Waals surface area contributed by atoms with E-state index in [1.165, 1.54) is 87.6 Å². The lowest BCUT2D eigenvalue weighted by molar-refractivity contribution is -0.171. The number of phenols is 4. The van der Waals surface area contributed by atoms with E-state index >= 15 is 0 Å². The molecule has 20 heteroatoms. The summed E-state index contributed by atoms with van der Waals surface area (Å²) >= 11 is 0. The Morgan fingerprint density at radius 3 is 1.31 bits per heavy atom. The molecule has 14 aliphatic rings. The Bertz CT molecular complexity index is 4240. The highest BCUT2D eigenvalue weighted by atomic mass is 16.3. The van der Waals surface area contributed by atoms with E-state index in [-0.39, 0.29) is 80.9 Å². The number of aliphatic hydroxyl groups excluding tert-OH is 1. The number of amides is 4. The first-order valence-corrected chi connectivity index (χ1v) is 41.1. The van der Waals surface area contributed by atoms with Gasteiger partial charge in [0.1, 0.15) is 28.8 Å². The predicted molar refractivity (Wildman–Crippen MR) is 419 cm³/mol. The van der Waals surface area contributed by atoms with Gasteiger partial charge in [-0.15, -0.1) is 0 Å². The zero-order valence-electron chi connectivity index (χ0n) is 64.7. The molecule has 10 aliphatic carbocycles. The molecule has 4 amide bonds. The molecular formula is C89H118N8O12. The summed E-state index contributed by atoms with van der Waals surface area (Å²) in [6.07, 6.45) is 29.3. The van der Waals surface area contributed by atoms with Crippen molar-refractivity contribution in [1.29, 1.82) is 0 Å². The highest BCUT2D eigenvalue weighted by Gasteiger charge is 2.68. The van der Waals surface area contributed by atoms with Gasteiger partial charge >= 0.3 is 0 Å². The summed E-state index contributed by atoms with van der Waals surface area (Å²) in [5, 5.41) is 78.5. The number of carbonyl (C=O) groups excluding carboxylic acids is 5. The smallest absolute Gasteiger partial charge is 0.252 e. The second-order valence-electron chi connectivity index (χ2n) is 36.4. The molecule has 109 heavy (non-hydrogen) atoms. The van der Waals surface area contributed by atoms with Crippen molar-refractivity contribution in [3.63, 3.8) is 0 Å². The molecule has 10 fully saturated rings. The molecule has 20 nitrogen and oxygen atoms in total. The van der Waals surface area contributed by atoms with Crippen molar-refractivity contribution < 1.29 is 59.7 Å². The van der Waals surface area contributed by atoms with Gasteiger partial charge in [0.2, 0.25) is 0 Å². The number of ketones is 1. The van der Waals surface area contributed by atoms with Crippen LogP contribution in [0.25, 0.3) is 0 Å². The Hall–Kier alpha value is -7.43. The third kappa shape index (κ3) is 12.8. The number of benzene rings is 4. The van der Waals surface area contributed by atoms with Gasteiger partial charge < -0.3 is 58.7 Å². The minimum absolute atomic E-state index is 0.0173. The van der Waals surface area contributed by atoms with E-state index < -0.39 is 45.7 Å². The largest absolute Gasteiger partial charge is 0.507 e. The SMILES string of the molecule is C=C1CC[C@@]2(O)[C@H]3Cc4ccc(C(N)=O)c(O)c4[C@@]2(CCN3CC=C(C)C)C1.CC(C)=CCN1CC[C@]23CC(=O)CC[C@@]2(O)[C@H]1Cc1ccc(C(N)=O)c(O)c13.NC(=O)c1ccc2c(c1O)[C@@]13CCCC[C@H]1[C@@H](C2)N(CC1CCC1)CC3.NC(=O)c1ccc2c(c1O)[C@]13CCN(CC4CCC4)[C@H](C2)[C@@H]1CC[C@@H](O)C3. The number of nitrogens with zero attached hydrogens (tertiary/aromatic N) is 4. The molecule has 0 spiro atoms. The number of primary amides is 4. The number of Topliss-reactive ketones (excluding diaryl/α,β-unsaturated/α-hetero) is 1. The monoisotopic (exact) mass is 1490 g/mol. The summed E-state index contributed by atoms with van der Waals surface area (Å²) in [6, 6.07) is 15.3. The number of hydrogen-bond donors (Lipinski definition) is 11. The van der Waals surface area contributed by atoms with Crippen LogP contribution in [-0.2, 0) is 52.1 Å². The lowest BCUT2D eigenvalue weighted by Crippen LogP contribution is -2.73. The van der Waals surface area contributed by atoms with Gasteiger partial charge in [-0.3, -0.25) is 43.6 Å². The Balaban J connectivity index is 0.000000116. The summed E-state index contributed by atoms with van der Waals surface area (Å²) in [5.74, 6) is 0.519. The quantitative estimate of drug-likeness (QED) is 0.0587. The maximum absolute atomic E-state index is 12.5. The topological polar surface area (TPSA) is 344 Å². The zero-order valence-corrected chi connectivity index (χ0v) is 64.7. The number of piperidine rings is 4. The molecule has 13 atom stereocenters. The van der Waals surface area contributed by atoms with E-state index in [4.69, 9.17) is 22.9 Å². The van der Waals surface area contributed by atoms with E-state index in [1.54, 1.807) is 24.3 Å². The Morgan fingerprint density at radius 1 is 0.468 bits per heavy atom. The maximum atomic E-state index is 12.5. The van der Waals surface area contributed by atoms with E-state index in [9.17, 15) is 59.7 Å². The number of likely N-dealkylation sites (tertiary alicyclic amines) is 4. The molecule has 15 N–H and O–H groups in total. The number of rotatable bonds is 12. The predicted octanol–water partition coefficient (Wildman–Crippen LogP) is 10.3. The number of allylic oxidation sites excluding steroid dienone is 3. The van der Waals surface area contributed by atoms with E-state index in [0.717, 1.165) is 148 Å². The van der Waals surface area contributed by atoms with Crippen LogP contribution in [0.5, 0.6) is 23.0 Å². The number of carbonyl (C=O) groups is 5. The molecule has 4 aromatic rings. The summed E-state index contributed by atoms with van der Waals surface area (Å²) in [4.78, 5) is 69.9. The summed E-state index contributed by atoms with van der Waals surface area (Å²) in [7, 11) is 0. The Morgan fingerprint density at radius 2 is 0.872 bits per heavy atom. The zero-order chi connectivity index (χ0) is 77.2. The fourth-order valence-corrected chi connectivity index (χ4v) is 24.8. The molecule has 6 saturated carbocycles. The molecule has 0 unspecified atom stereocenters. The van der Waals surface area contributed by atoms with Gasteiger partial charge in [-0.05, 0) is 259 Å². The van der Waals surface area contributed by atoms with Crippen molar-refractivity contribution in [2.75, 3.05) is 52.4 Å². The molecule has 4 aliphatic heterocycles. The van der Waals surface area contributed by atoms with E-state index in [1.807, 2.05) is 18.2 Å². The van der Waals surface area contributed by atoms with Gasteiger partial charge in [0.05, 0.1) is 39.6 Å². The molecule has 4 heterocycles. The fourth-order valence-electron chi connectivity index (χ4n) is 24.8. The van der Waals surface area contributed by atoms with Crippen molar-refractivity contribution in [2.45, 2.75) is 264 Å². The number of nitrogens with two attached hydrogens (primary N) is 4. The van der Waals surface area contributed by atoms with Crippen LogP contribution in [-0.4, -0.2) is 179 Å². The average Bonchev–Trinajstić information content (AvgIpc) is 0.693. The van der Waals surface area contributed by atoms with Crippen LogP contribution in [0, 0.1) is 23.7 Å². The van der Waals surface area contributed by atoms with Gasteiger partial charge in [0.25, 0.3) is 23.6 Å². The summed E-state index contributed by atoms with van der Waals surface area (Å²) < 4.78 is 0. The minimum atomic E-state index is -1.12. The molecule has 8 bridgehead atoms. The normalized spacial score (nSPS) is 33.2. The third-order valence-corrected chi connectivity index (χ3v) is 30.4. The summed E-state index contributed by atoms with van der Waals surface area (Å²) in [5.41, 5.74) is 30.2. The van der Waals surface area contributed by atoms with Gasteiger partial charge in [-0.25, -0.2) is 0 Å². The minimum Gasteiger partial charge on any atom is -0.507 e. The molecule has 18 rings (SSSR count). The highest BCUT2D eigenvalue weighted by molar-refractivity contribution is 5.98. The van der Waals surface area contributed by atoms with Crippen LogP contribution in [0.4, 0.5) is 0 Å². The number of aliphatic hydroxyl groups is 3. The second-order valence-corrected chi connectivity index (χ2v) is 36.4. The van der Waals surface area contributed by atoms with Crippen molar-refractivity contribution in [1.82, 2.24) is 19.6 Å². The average molecular weight is 1490 g/mol. The van der Waals surface area contributed by atoms with Crippen LogP contribution in [0.1, 0.15) is 261 Å². The van der Waals surface area contributed by atoms with Crippen molar-refractivity contribution in [3.8, 4) is 23.0 Å². The van der Waals surface area contributed by atoms with Crippen LogP contribution in [0.15, 0.2) is 84.0 Å². The van der Waals surface area contributed by atoms with Gasteiger partial charge in [0.15, 0.2) is 0 Å². The van der Waals surface area contributed by atoms with Crippen LogP contribution >= 0.6 is 0 Å². The third-order valence-electron chi connectivity index (χ3n) is 30.4. The molecule has 0 radical (unpaired) electrons. The first-order chi connectivity index (χ1) is 52.0. The van der Waals surface area contributed by atoms with Crippen molar-refractivity contribution in [2.24, 2.45) is 46.6 Å². The number of aromatic hydroxyl groups is 4. The van der Waals surface area contributed by atoms with Crippen LogP contribution < -0.4 is 22.9 Å². The van der Waals surface area contributed by atoms with Crippen molar-refractivity contribution >= 4 is 29.4 Å². The summed E-state index contributed by atoms with van der Waals surface area (Å²) in [6.45, 7) is 20.2. The molecule has 586 valence electrons. The molecule has 0 aromatic heterocycles. The maximum Gasteiger partial charge on any atom is 0.252 e.